The Hall–Kier alpha value is -1.64. The Kier molecular flexibility index (Phi) is 4.94. The van der Waals surface area contributed by atoms with Crippen molar-refractivity contribution in [2.24, 2.45) is 10.2 Å². The highest BCUT2D eigenvalue weighted by Crippen LogP contribution is 2.11. The number of halogens is 2. The fourth-order valence-electron chi connectivity index (χ4n) is 1.75. The molecule has 2 nitrogen and oxygen atoms in total. The van der Waals surface area contributed by atoms with Crippen LogP contribution >= 0.6 is 23.2 Å². The van der Waals surface area contributed by atoms with Gasteiger partial charge in [-0.3, -0.25) is 0 Å². The summed E-state index contributed by atoms with van der Waals surface area (Å²) in [5.41, 5.74) is 3.88. The Labute approximate surface area is 128 Å². The summed E-state index contributed by atoms with van der Waals surface area (Å²) in [4.78, 5) is 0. The fourth-order valence-corrected chi connectivity index (χ4v) is 2.06. The average Bonchev–Trinajstić information content (AvgIpc) is 2.44. The van der Waals surface area contributed by atoms with Crippen LogP contribution in [0.4, 0.5) is 0 Å². The van der Waals surface area contributed by atoms with Crippen molar-refractivity contribution < 1.29 is 0 Å². The van der Waals surface area contributed by atoms with E-state index in [9.17, 15) is 0 Å². The second-order valence-corrected chi connectivity index (χ2v) is 5.24. The van der Waals surface area contributed by atoms with Crippen LogP contribution in [0.3, 0.4) is 0 Å². The maximum absolute atomic E-state index is 6.13. The predicted octanol–water partition coefficient (Wildman–Crippen LogP) is 4.89. The molecule has 2 rings (SSSR count). The summed E-state index contributed by atoms with van der Waals surface area (Å²) in [6.07, 6.45) is 0. The molecule has 0 spiro atoms. The Morgan fingerprint density at radius 1 is 0.750 bits per heavy atom. The van der Waals surface area contributed by atoms with Crippen molar-refractivity contribution in [3.05, 3.63) is 70.8 Å². The molecule has 2 aromatic carbocycles. The third-order valence-electron chi connectivity index (χ3n) is 2.74. The maximum Gasteiger partial charge on any atom is 0.158 e. The number of hydrogen-bond donors (Lipinski definition) is 0. The lowest BCUT2D eigenvalue weighted by atomic mass is 10.1. The van der Waals surface area contributed by atoms with E-state index in [-0.39, 0.29) is 0 Å². The molecule has 2 aromatic rings. The molecule has 0 radical (unpaired) electrons. The van der Waals surface area contributed by atoms with E-state index in [0.29, 0.717) is 10.3 Å². The molecule has 0 unspecified atom stereocenters. The maximum atomic E-state index is 6.13. The van der Waals surface area contributed by atoms with Gasteiger partial charge in [-0.25, -0.2) is 0 Å². The molecule has 0 fully saturated rings. The van der Waals surface area contributed by atoms with Gasteiger partial charge in [0.2, 0.25) is 0 Å². The summed E-state index contributed by atoms with van der Waals surface area (Å²) in [5, 5.41) is 8.60. The van der Waals surface area contributed by atoms with Gasteiger partial charge in [0.15, 0.2) is 10.3 Å². The van der Waals surface area contributed by atoms with Crippen LogP contribution in [0.15, 0.2) is 58.7 Å². The Morgan fingerprint density at radius 3 is 1.50 bits per heavy atom. The van der Waals surface area contributed by atoms with Crippen molar-refractivity contribution in [2.75, 3.05) is 0 Å². The van der Waals surface area contributed by atoms with Crippen LogP contribution in [0.25, 0.3) is 0 Å². The van der Waals surface area contributed by atoms with E-state index < -0.39 is 0 Å². The summed E-state index contributed by atoms with van der Waals surface area (Å²) in [5.74, 6) is 0. The van der Waals surface area contributed by atoms with Crippen LogP contribution < -0.4 is 0 Å². The average molecular weight is 305 g/mol. The van der Waals surface area contributed by atoms with Gasteiger partial charge in [-0.15, -0.1) is 10.2 Å². The largest absolute Gasteiger partial charge is 0.158 e. The first-order valence-electron chi connectivity index (χ1n) is 6.17. The number of benzene rings is 2. The molecule has 0 aliphatic heterocycles. The normalized spacial score (nSPS) is 12.6. The molecule has 0 heterocycles. The smallest absolute Gasteiger partial charge is 0.136 e. The first-order valence-corrected chi connectivity index (χ1v) is 6.92. The van der Waals surface area contributed by atoms with Gasteiger partial charge in [0.25, 0.3) is 0 Å². The van der Waals surface area contributed by atoms with Crippen molar-refractivity contribution in [2.45, 2.75) is 13.8 Å². The first kappa shape index (κ1) is 14.8. The lowest BCUT2D eigenvalue weighted by Gasteiger charge is -2.00. The van der Waals surface area contributed by atoms with E-state index in [0.717, 1.165) is 22.3 Å². The van der Waals surface area contributed by atoms with Gasteiger partial charge in [0.05, 0.1) is 0 Å². The molecule has 0 saturated carbocycles. The van der Waals surface area contributed by atoms with Crippen molar-refractivity contribution in [1.29, 1.82) is 0 Å². The fraction of sp³-hybridized carbons (Fsp3) is 0.125. The standard InChI is InChI=1S/C16H14Cl2N2/c1-11-5-3-7-13(9-11)15(17)19-20-16(18)14-8-4-6-12(2)10-14/h3-10H,1-2H3. The molecule has 0 bridgehead atoms. The molecular formula is C16H14Cl2N2. The highest BCUT2D eigenvalue weighted by molar-refractivity contribution is 6.71. The van der Waals surface area contributed by atoms with Gasteiger partial charge in [0.1, 0.15) is 0 Å². The zero-order valence-electron chi connectivity index (χ0n) is 11.3. The minimum absolute atomic E-state index is 0.319. The van der Waals surface area contributed by atoms with Crippen molar-refractivity contribution >= 4 is 33.5 Å². The Balaban J connectivity index is 2.24. The molecule has 0 atom stereocenters. The summed E-state index contributed by atoms with van der Waals surface area (Å²) >= 11 is 12.3. The highest BCUT2D eigenvalue weighted by atomic mass is 35.5. The monoisotopic (exact) mass is 304 g/mol. The Bertz CT molecular complexity index is 616. The Morgan fingerprint density at radius 2 is 1.15 bits per heavy atom. The van der Waals surface area contributed by atoms with Crippen molar-refractivity contribution in [1.82, 2.24) is 0 Å². The van der Waals surface area contributed by atoms with E-state index in [1.54, 1.807) is 0 Å². The molecule has 102 valence electrons. The zero-order valence-corrected chi connectivity index (χ0v) is 12.8. The summed E-state index contributed by atoms with van der Waals surface area (Å²) < 4.78 is 0. The van der Waals surface area contributed by atoms with E-state index in [1.807, 2.05) is 62.4 Å². The molecule has 0 amide bonds. The van der Waals surface area contributed by atoms with Crippen LogP contribution in [-0.4, -0.2) is 10.3 Å². The number of hydrogen-bond acceptors (Lipinski definition) is 2. The summed E-state index contributed by atoms with van der Waals surface area (Å²) in [6, 6.07) is 15.5. The van der Waals surface area contributed by atoms with Gasteiger partial charge >= 0.3 is 0 Å². The van der Waals surface area contributed by atoms with E-state index in [4.69, 9.17) is 23.2 Å². The minimum atomic E-state index is 0.319. The van der Waals surface area contributed by atoms with Crippen LogP contribution in [0.1, 0.15) is 22.3 Å². The number of aryl methyl sites for hydroxylation is 2. The molecule has 4 heteroatoms. The summed E-state index contributed by atoms with van der Waals surface area (Å²) in [7, 11) is 0. The number of rotatable bonds is 3. The lowest BCUT2D eigenvalue weighted by molar-refractivity contribution is 1.25. The van der Waals surface area contributed by atoms with Crippen LogP contribution in [0, 0.1) is 13.8 Å². The second kappa shape index (κ2) is 6.69. The van der Waals surface area contributed by atoms with Gasteiger partial charge in [-0.05, 0) is 26.0 Å². The van der Waals surface area contributed by atoms with Gasteiger partial charge in [-0.2, -0.15) is 0 Å². The topological polar surface area (TPSA) is 24.7 Å². The molecule has 0 aromatic heterocycles. The quantitative estimate of drug-likeness (QED) is 0.570. The molecule has 0 saturated heterocycles. The minimum Gasteiger partial charge on any atom is -0.136 e. The zero-order chi connectivity index (χ0) is 14.5. The van der Waals surface area contributed by atoms with Crippen molar-refractivity contribution in [3.8, 4) is 0 Å². The molecule has 0 aliphatic rings. The first-order chi connectivity index (χ1) is 9.56. The lowest BCUT2D eigenvalue weighted by Crippen LogP contribution is -1.94. The SMILES string of the molecule is Cc1cccc(C(Cl)=NN=C(Cl)c2cccc(C)c2)c1. The molecule has 0 aliphatic carbocycles. The third kappa shape index (κ3) is 3.92. The van der Waals surface area contributed by atoms with Crippen molar-refractivity contribution in [3.63, 3.8) is 0 Å². The highest BCUT2D eigenvalue weighted by Gasteiger charge is 2.02. The molecule has 0 N–H and O–H groups in total. The predicted molar refractivity (Wildman–Crippen MR) is 87.1 cm³/mol. The second-order valence-electron chi connectivity index (χ2n) is 4.52. The van der Waals surface area contributed by atoms with Crippen LogP contribution in [0.5, 0.6) is 0 Å². The third-order valence-corrected chi connectivity index (χ3v) is 3.33. The van der Waals surface area contributed by atoms with Crippen LogP contribution in [0.2, 0.25) is 0 Å². The molecule has 20 heavy (non-hydrogen) atoms. The van der Waals surface area contributed by atoms with E-state index in [2.05, 4.69) is 10.2 Å². The summed E-state index contributed by atoms with van der Waals surface area (Å²) in [6.45, 7) is 3.99. The number of nitrogens with zero attached hydrogens (tertiary/aromatic N) is 2. The van der Waals surface area contributed by atoms with Crippen LogP contribution in [-0.2, 0) is 0 Å². The van der Waals surface area contributed by atoms with E-state index in [1.165, 1.54) is 0 Å². The van der Waals surface area contributed by atoms with Gasteiger partial charge in [-0.1, -0.05) is 70.7 Å². The van der Waals surface area contributed by atoms with Gasteiger partial charge < -0.3 is 0 Å². The molecular weight excluding hydrogens is 291 g/mol. The van der Waals surface area contributed by atoms with E-state index >= 15 is 0 Å². The van der Waals surface area contributed by atoms with Gasteiger partial charge in [0, 0.05) is 11.1 Å².